The van der Waals surface area contributed by atoms with Crippen molar-refractivity contribution in [2.24, 2.45) is 5.92 Å². The van der Waals surface area contributed by atoms with Crippen LogP contribution in [-0.4, -0.2) is 32.1 Å². The Bertz CT molecular complexity index is 700. The van der Waals surface area contributed by atoms with Crippen molar-refractivity contribution in [1.82, 2.24) is 4.72 Å². The maximum atomic E-state index is 12.3. The molecule has 2 aliphatic rings. The van der Waals surface area contributed by atoms with Crippen molar-refractivity contribution in [2.75, 3.05) is 11.9 Å². The maximum Gasteiger partial charge on any atom is 0.241 e. The highest BCUT2D eigenvalue weighted by atomic mass is 79.9. The van der Waals surface area contributed by atoms with Crippen LogP contribution in [0.2, 0.25) is 0 Å². The van der Waals surface area contributed by atoms with E-state index in [1.165, 1.54) is 6.07 Å². The zero-order valence-electron chi connectivity index (χ0n) is 11.1. The van der Waals surface area contributed by atoms with Crippen molar-refractivity contribution >= 4 is 37.5 Å². The predicted molar refractivity (Wildman–Crippen MR) is 80.4 cm³/mol. The van der Waals surface area contributed by atoms with Gasteiger partial charge >= 0.3 is 0 Å². The number of sulfonamides is 1. The fraction of sp³-hybridized carbons (Fsp3) is 0.462. The molecule has 114 valence electrons. The Morgan fingerprint density at radius 2 is 2.14 bits per heavy atom. The number of aliphatic hydroxyl groups excluding tert-OH is 1. The quantitative estimate of drug-likeness (QED) is 0.715. The SMILES string of the molecule is O=C1Cc2cc(S(=O)(=O)NCC(O)C3CC3)c(Br)cc2N1. The van der Waals surface area contributed by atoms with Gasteiger partial charge < -0.3 is 10.4 Å². The number of fused-ring (bicyclic) bond motifs is 1. The molecule has 0 spiro atoms. The summed E-state index contributed by atoms with van der Waals surface area (Å²) in [4.78, 5) is 11.4. The number of aliphatic hydroxyl groups is 1. The fourth-order valence-corrected chi connectivity index (χ4v) is 4.49. The smallest absolute Gasteiger partial charge is 0.241 e. The summed E-state index contributed by atoms with van der Waals surface area (Å²) < 4.78 is 27.5. The molecule has 21 heavy (non-hydrogen) atoms. The Balaban J connectivity index is 1.81. The Morgan fingerprint density at radius 3 is 2.81 bits per heavy atom. The van der Waals surface area contributed by atoms with Crippen molar-refractivity contribution in [2.45, 2.75) is 30.3 Å². The van der Waals surface area contributed by atoms with Gasteiger partial charge in [0.05, 0.1) is 17.4 Å². The molecule has 1 atom stereocenters. The largest absolute Gasteiger partial charge is 0.391 e. The monoisotopic (exact) mass is 374 g/mol. The highest BCUT2D eigenvalue weighted by molar-refractivity contribution is 9.10. The lowest BCUT2D eigenvalue weighted by atomic mass is 10.2. The average molecular weight is 375 g/mol. The van der Waals surface area contributed by atoms with E-state index in [1.807, 2.05) is 0 Å². The summed E-state index contributed by atoms with van der Waals surface area (Å²) in [6.45, 7) is 0.00764. The second-order valence-corrected chi connectivity index (χ2v) is 8.01. The van der Waals surface area contributed by atoms with Crippen LogP contribution in [0.15, 0.2) is 21.5 Å². The molecule has 1 aliphatic heterocycles. The van der Waals surface area contributed by atoms with Crippen LogP contribution in [0, 0.1) is 5.92 Å². The summed E-state index contributed by atoms with van der Waals surface area (Å²) in [5.41, 5.74) is 1.29. The standard InChI is InChI=1S/C13H15BrN2O4S/c14-9-5-10-8(4-13(18)16-10)3-12(9)21(19,20)15-6-11(17)7-1-2-7/h3,5,7,11,15,17H,1-2,4,6H2,(H,16,18). The topological polar surface area (TPSA) is 95.5 Å². The maximum absolute atomic E-state index is 12.3. The minimum Gasteiger partial charge on any atom is -0.391 e. The van der Waals surface area contributed by atoms with Gasteiger partial charge in [0.25, 0.3) is 0 Å². The molecule has 1 amide bonds. The highest BCUT2D eigenvalue weighted by Gasteiger charge is 2.31. The van der Waals surface area contributed by atoms with E-state index < -0.39 is 16.1 Å². The molecule has 0 bridgehead atoms. The molecule has 0 radical (unpaired) electrons. The second-order valence-electron chi connectivity index (χ2n) is 5.42. The number of benzene rings is 1. The van der Waals surface area contributed by atoms with Crippen LogP contribution in [-0.2, 0) is 21.2 Å². The summed E-state index contributed by atoms with van der Waals surface area (Å²) >= 11 is 3.22. The lowest BCUT2D eigenvalue weighted by molar-refractivity contribution is -0.115. The fourth-order valence-electron chi connectivity index (χ4n) is 2.35. The molecule has 1 aromatic rings. The number of hydrogen-bond donors (Lipinski definition) is 3. The molecule has 6 nitrogen and oxygen atoms in total. The molecule has 8 heteroatoms. The van der Waals surface area contributed by atoms with E-state index in [0.717, 1.165) is 12.8 Å². The molecule has 1 saturated carbocycles. The Hall–Kier alpha value is -0.960. The molecule has 0 saturated heterocycles. The minimum absolute atomic E-state index is 0.00764. The Kier molecular flexibility index (Phi) is 3.81. The molecule has 1 heterocycles. The van der Waals surface area contributed by atoms with E-state index >= 15 is 0 Å². The van der Waals surface area contributed by atoms with E-state index in [9.17, 15) is 18.3 Å². The second kappa shape index (κ2) is 5.35. The third kappa shape index (κ3) is 3.13. The van der Waals surface area contributed by atoms with Crippen LogP contribution in [0.25, 0.3) is 0 Å². The Morgan fingerprint density at radius 1 is 1.43 bits per heavy atom. The first-order valence-electron chi connectivity index (χ1n) is 6.67. The highest BCUT2D eigenvalue weighted by Crippen LogP contribution is 2.34. The van der Waals surface area contributed by atoms with Crippen LogP contribution in [0.5, 0.6) is 0 Å². The van der Waals surface area contributed by atoms with Crippen molar-refractivity contribution < 1.29 is 18.3 Å². The predicted octanol–water partition coefficient (Wildman–Crippen LogP) is 0.993. The van der Waals surface area contributed by atoms with Crippen LogP contribution in [0.1, 0.15) is 18.4 Å². The zero-order chi connectivity index (χ0) is 15.2. The average Bonchev–Trinajstić information content (AvgIpc) is 3.18. The van der Waals surface area contributed by atoms with Crippen molar-refractivity contribution in [3.05, 3.63) is 22.2 Å². The van der Waals surface area contributed by atoms with Gasteiger partial charge in [0.15, 0.2) is 0 Å². The third-order valence-electron chi connectivity index (χ3n) is 3.72. The molecule has 0 aromatic heterocycles. The van der Waals surface area contributed by atoms with E-state index in [-0.39, 0.29) is 29.7 Å². The van der Waals surface area contributed by atoms with Crippen LogP contribution in [0.3, 0.4) is 0 Å². The number of hydrogen-bond acceptors (Lipinski definition) is 4. The minimum atomic E-state index is -3.73. The summed E-state index contributed by atoms with van der Waals surface area (Å²) in [5, 5.41) is 12.4. The van der Waals surface area contributed by atoms with E-state index in [4.69, 9.17) is 0 Å². The number of amides is 1. The van der Waals surface area contributed by atoms with E-state index in [1.54, 1.807) is 6.07 Å². The van der Waals surface area contributed by atoms with Crippen molar-refractivity contribution in [3.63, 3.8) is 0 Å². The normalized spacial score (nSPS) is 19.2. The van der Waals surface area contributed by atoms with Crippen LogP contribution < -0.4 is 10.0 Å². The summed E-state index contributed by atoms with van der Waals surface area (Å²) in [6.07, 6.45) is 1.42. The molecule has 1 aliphatic carbocycles. The molecule has 1 fully saturated rings. The lowest BCUT2D eigenvalue weighted by Gasteiger charge is -2.13. The van der Waals surface area contributed by atoms with Gasteiger partial charge in [0.2, 0.25) is 15.9 Å². The van der Waals surface area contributed by atoms with Crippen molar-refractivity contribution in [3.8, 4) is 0 Å². The van der Waals surface area contributed by atoms with Gasteiger partial charge in [-0.25, -0.2) is 13.1 Å². The molecular weight excluding hydrogens is 360 g/mol. The number of carbonyl (C=O) groups is 1. The summed E-state index contributed by atoms with van der Waals surface area (Å²) in [6, 6.07) is 3.08. The number of carbonyl (C=O) groups excluding carboxylic acids is 1. The first kappa shape index (κ1) is 15.0. The van der Waals surface area contributed by atoms with Crippen molar-refractivity contribution in [1.29, 1.82) is 0 Å². The third-order valence-corrected chi connectivity index (χ3v) is 6.10. The Labute approximate surface area is 131 Å². The molecule has 1 aromatic carbocycles. The number of halogens is 1. The first-order chi connectivity index (χ1) is 9.87. The van der Waals surface area contributed by atoms with Gasteiger partial charge in [-0.2, -0.15) is 0 Å². The zero-order valence-corrected chi connectivity index (χ0v) is 13.5. The van der Waals surface area contributed by atoms with Gasteiger partial charge in [0, 0.05) is 16.7 Å². The van der Waals surface area contributed by atoms with E-state index in [2.05, 4.69) is 26.0 Å². The number of nitrogens with one attached hydrogen (secondary N) is 2. The number of rotatable bonds is 5. The molecular formula is C13H15BrN2O4S. The molecule has 3 rings (SSSR count). The molecule has 1 unspecified atom stereocenters. The number of anilines is 1. The van der Waals surface area contributed by atoms with Gasteiger partial charge in [-0.05, 0) is 52.4 Å². The lowest BCUT2D eigenvalue weighted by Crippen LogP contribution is -2.33. The summed E-state index contributed by atoms with van der Waals surface area (Å²) in [5.74, 6) is 0.0570. The first-order valence-corrected chi connectivity index (χ1v) is 8.94. The summed E-state index contributed by atoms with van der Waals surface area (Å²) in [7, 11) is -3.73. The molecule has 3 N–H and O–H groups in total. The van der Waals surface area contributed by atoms with Gasteiger partial charge in [-0.15, -0.1) is 0 Å². The van der Waals surface area contributed by atoms with Gasteiger partial charge in [-0.3, -0.25) is 4.79 Å². The van der Waals surface area contributed by atoms with Gasteiger partial charge in [-0.1, -0.05) is 0 Å². The van der Waals surface area contributed by atoms with Crippen LogP contribution in [0.4, 0.5) is 5.69 Å². The van der Waals surface area contributed by atoms with E-state index in [0.29, 0.717) is 15.7 Å². The van der Waals surface area contributed by atoms with Crippen LogP contribution >= 0.6 is 15.9 Å². The van der Waals surface area contributed by atoms with Gasteiger partial charge in [0.1, 0.15) is 0 Å².